The number of methoxy groups -OCH3 is 1. The van der Waals surface area contributed by atoms with Crippen LogP contribution >= 0.6 is 11.8 Å². The van der Waals surface area contributed by atoms with E-state index in [1.807, 2.05) is 0 Å². The Kier molecular flexibility index (Phi) is 5.00. The number of carbonyl (C=O) groups excluding carboxylic acids is 1. The summed E-state index contributed by atoms with van der Waals surface area (Å²) in [7, 11) is 1.22. The third-order valence-corrected chi connectivity index (χ3v) is 4.84. The molecule has 1 atom stereocenters. The number of fused-ring (bicyclic) bond motifs is 1. The maximum absolute atomic E-state index is 12.8. The largest absolute Gasteiger partial charge is 0.466 e. The summed E-state index contributed by atoms with van der Waals surface area (Å²) in [5.74, 6) is -1.40. The number of aromatic amines is 1. The fraction of sp³-hybridized carbons (Fsp3) is 0.235. The van der Waals surface area contributed by atoms with E-state index in [-0.39, 0.29) is 28.2 Å². The average molecular weight is 388 g/mol. The number of esters is 1. The summed E-state index contributed by atoms with van der Waals surface area (Å²) in [5.41, 5.74) is 0.222. The van der Waals surface area contributed by atoms with E-state index in [4.69, 9.17) is 4.74 Å². The lowest BCUT2D eigenvalue weighted by atomic mass is 9.81. The summed E-state index contributed by atoms with van der Waals surface area (Å²) >= 11 is 1.25. The molecule has 0 spiro atoms. The fourth-order valence-corrected chi connectivity index (χ4v) is 3.49. The first-order valence-electron chi connectivity index (χ1n) is 7.86. The van der Waals surface area contributed by atoms with Crippen molar-refractivity contribution in [1.82, 2.24) is 9.97 Å². The zero-order valence-corrected chi connectivity index (χ0v) is 15.5. The number of thioether (sulfide) groups is 1. The molecule has 140 valence electrons. The predicted molar refractivity (Wildman–Crippen MR) is 99.9 cm³/mol. The Bertz CT molecular complexity index is 1030. The van der Waals surface area contributed by atoms with Gasteiger partial charge in [-0.15, -0.1) is 0 Å². The molecule has 2 heterocycles. The smallest absolute Gasteiger partial charge is 0.336 e. The van der Waals surface area contributed by atoms with E-state index in [1.54, 1.807) is 19.2 Å². The molecular weight excluding hydrogens is 372 g/mol. The van der Waals surface area contributed by atoms with Gasteiger partial charge in [-0.3, -0.25) is 14.9 Å². The van der Waals surface area contributed by atoms with E-state index in [1.165, 1.54) is 37.1 Å². The normalized spacial score (nSPS) is 15.7. The van der Waals surface area contributed by atoms with Crippen molar-refractivity contribution >= 4 is 29.2 Å². The minimum atomic E-state index is -0.984. The van der Waals surface area contributed by atoms with Crippen LogP contribution in [0.15, 0.2) is 45.5 Å². The number of benzene rings is 1. The number of nitro groups is 1. The highest BCUT2D eigenvalue weighted by atomic mass is 32.2. The number of para-hydroxylation sites is 1. The van der Waals surface area contributed by atoms with Gasteiger partial charge in [-0.05, 0) is 13.2 Å². The maximum Gasteiger partial charge on any atom is 0.336 e. The number of nitro benzene ring substituents is 1. The van der Waals surface area contributed by atoms with Crippen molar-refractivity contribution in [2.24, 2.45) is 0 Å². The van der Waals surface area contributed by atoms with Crippen LogP contribution in [0, 0.1) is 10.1 Å². The quantitative estimate of drug-likeness (QED) is 0.269. The van der Waals surface area contributed by atoms with Crippen LogP contribution in [-0.4, -0.2) is 34.2 Å². The van der Waals surface area contributed by atoms with Gasteiger partial charge in [0.05, 0.1) is 29.1 Å². The molecule has 0 radical (unpaired) electrons. The van der Waals surface area contributed by atoms with Crippen molar-refractivity contribution in [2.45, 2.75) is 18.0 Å². The van der Waals surface area contributed by atoms with Gasteiger partial charge < -0.3 is 15.0 Å². The average Bonchev–Trinajstić information content (AvgIpc) is 2.65. The van der Waals surface area contributed by atoms with Crippen molar-refractivity contribution in [3.8, 4) is 0 Å². The Morgan fingerprint density at radius 2 is 2.07 bits per heavy atom. The first-order valence-corrected chi connectivity index (χ1v) is 9.09. The Morgan fingerprint density at radius 3 is 2.70 bits per heavy atom. The minimum Gasteiger partial charge on any atom is -0.466 e. The number of ether oxygens (including phenoxy) is 1. The van der Waals surface area contributed by atoms with Crippen LogP contribution < -0.4 is 10.9 Å². The van der Waals surface area contributed by atoms with Crippen LogP contribution in [0.5, 0.6) is 0 Å². The van der Waals surface area contributed by atoms with E-state index in [9.17, 15) is 19.7 Å². The summed E-state index contributed by atoms with van der Waals surface area (Å²) in [6.07, 6.45) is 1.76. The molecule has 27 heavy (non-hydrogen) atoms. The SMILES string of the molecule is COC(=O)C1=C(C)Nc2nc(SC)[nH]c(=O)c2[C@H]1c1ccccc1[N+](=O)[O-]. The van der Waals surface area contributed by atoms with Crippen LogP contribution in [0.1, 0.15) is 24.0 Å². The van der Waals surface area contributed by atoms with Gasteiger partial charge >= 0.3 is 5.97 Å². The van der Waals surface area contributed by atoms with Crippen LogP contribution in [0.4, 0.5) is 11.5 Å². The third kappa shape index (κ3) is 3.19. The van der Waals surface area contributed by atoms with Gasteiger partial charge in [-0.25, -0.2) is 9.78 Å². The summed E-state index contributed by atoms with van der Waals surface area (Å²) in [5, 5.41) is 14.9. The predicted octanol–water partition coefficient (Wildman–Crippen LogP) is 2.40. The summed E-state index contributed by atoms with van der Waals surface area (Å²) < 4.78 is 4.87. The van der Waals surface area contributed by atoms with Crippen LogP contribution in [0.2, 0.25) is 0 Å². The molecule has 2 N–H and O–H groups in total. The molecule has 1 aromatic heterocycles. The number of hydrogen-bond donors (Lipinski definition) is 2. The molecule has 0 fully saturated rings. The number of nitrogens with zero attached hydrogens (tertiary/aromatic N) is 2. The lowest BCUT2D eigenvalue weighted by Gasteiger charge is -2.28. The number of anilines is 1. The molecule has 2 aromatic rings. The summed E-state index contributed by atoms with van der Waals surface area (Å²) in [4.78, 5) is 43.2. The highest BCUT2D eigenvalue weighted by Gasteiger charge is 2.39. The first-order chi connectivity index (χ1) is 12.9. The zero-order valence-electron chi connectivity index (χ0n) is 14.7. The molecule has 0 saturated heterocycles. The Labute approximate surface area is 158 Å². The number of aromatic nitrogens is 2. The second-order valence-electron chi connectivity index (χ2n) is 5.74. The van der Waals surface area contributed by atoms with Gasteiger partial charge in [0.2, 0.25) is 0 Å². The number of H-pyrrole nitrogens is 1. The van der Waals surface area contributed by atoms with Crippen LogP contribution in [-0.2, 0) is 9.53 Å². The van der Waals surface area contributed by atoms with Crippen LogP contribution in [0.3, 0.4) is 0 Å². The molecule has 1 aliphatic heterocycles. The molecule has 1 aromatic carbocycles. The van der Waals surface area contributed by atoms with Crippen molar-refractivity contribution in [3.05, 3.63) is 67.1 Å². The van der Waals surface area contributed by atoms with Gasteiger partial charge in [-0.1, -0.05) is 30.0 Å². The van der Waals surface area contributed by atoms with E-state index < -0.39 is 22.4 Å². The van der Waals surface area contributed by atoms with Gasteiger partial charge in [0, 0.05) is 17.3 Å². The van der Waals surface area contributed by atoms with E-state index in [0.29, 0.717) is 10.9 Å². The molecule has 0 saturated carbocycles. The fourth-order valence-electron chi connectivity index (χ4n) is 3.12. The van der Waals surface area contributed by atoms with Gasteiger partial charge in [0.1, 0.15) is 5.82 Å². The first kappa shape index (κ1) is 18.6. The molecule has 1 aliphatic rings. The lowest BCUT2D eigenvalue weighted by Crippen LogP contribution is -2.31. The summed E-state index contributed by atoms with van der Waals surface area (Å²) in [6, 6.07) is 6.00. The number of nitrogens with one attached hydrogen (secondary N) is 2. The molecular formula is C17H16N4O5S. The lowest BCUT2D eigenvalue weighted by molar-refractivity contribution is -0.385. The topological polar surface area (TPSA) is 127 Å². The molecule has 0 amide bonds. The van der Waals surface area contributed by atoms with Crippen molar-refractivity contribution in [2.75, 3.05) is 18.7 Å². The molecule has 0 bridgehead atoms. The highest BCUT2D eigenvalue weighted by molar-refractivity contribution is 7.98. The minimum absolute atomic E-state index is 0.128. The molecule has 10 heteroatoms. The van der Waals surface area contributed by atoms with Crippen LogP contribution in [0.25, 0.3) is 0 Å². The Hall–Kier alpha value is -3.14. The van der Waals surface area contributed by atoms with Crippen molar-refractivity contribution in [3.63, 3.8) is 0 Å². The van der Waals surface area contributed by atoms with Gasteiger partial charge in [0.15, 0.2) is 5.16 Å². The third-order valence-electron chi connectivity index (χ3n) is 4.26. The molecule has 0 aliphatic carbocycles. The Morgan fingerprint density at radius 1 is 1.37 bits per heavy atom. The highest BCUT2D eigenvalue weighted by Crippen LogP contribution is 2.42. The maximum atomic E-state index is 12.8. The zero-order chi connectivity index (χ0) is 19.7. The van der Waals surface area contributed by atoms with E-state index in [2.05, 4.69) is 15.3 Å². The second-order valence-corrected chi connectivity index (χ2v) is 6.54. The van der Waals surface area contributed by atoms with Crippen molar-refractivity contribution < 1.29 is 14.5 Å². The number of rotatable bonds is 4. The monoisotopic (exact) mass is 388 g/mol. The standard InChI is InChI=1S/C17H16N4O5S/c1-8-11(16(23)26-2)12(9-6-4-5-7-10(9)21(24)25)13-14(18-8)19-17(27-3)20-15(13)22/h4-7,12H,1-3H3,(H2,18,19,20,22)/t12-/m0/s1. The van der Waals surface area contributed by atoms with Gasteiger partial charge in [-0.2, -0.15) is 0 Å². The number of allylic oxidation sites excluding steroid dienone is 1. The second kappa shape index (κ2) is 7.23. The molecule has 9 nitrogen and oxygen atoms in total. The Balaban J connectivity index is 2.37. The van der Waals surface area contributed by atoms with E-state index in [0.717, 1.165) is 0 Å². The van der Waals surface area contributed by atoms with Crippen molar-refractivity contribution in [1.29, 1.82) is 0 Å². The number of carbonyl (C=O) groups is 1. The van der Waals surface area contributed by atoms with E-state index >= 15 is 0 Å². The summed E-state index contributed by atoms with van der Waals surface area (Å²) in [6.45, 7) is 1.64. The van der Waals surface area contributed by atoms with Gasteiger partial charge in [0.25, 0.3) is 11.2 Å². The molecule has 3 rings (SSSR count). The number of hydrogen-bond acceptors (Lipinski definition) is 8. The molecule has 0 unspecified atom stereocenters.